The van der Waals surface area contributed by atoms with E-state index in [4.69, 9.17) is 10.6 Å². The molecule has 1 aromatic heterocycles. The van der Waals surface area contributed by atoms with E-state index in [1.54, 1.807) is 7.11 Å². The lowest BCUT2D eigenvalue weighted by molar-refractivity contribution is 0.265. The lowest BCUT2D eigenvalue weighted by atomic mass is 9.98. The van der Waals surface area contributed by atoms with Crippen LogP contribution in [-0.4, -0.2) is 53.7 Å². The number of nitrogens with one attached hydrogen (secondary N) is 1. The van der Waals surface area contributed by atoms with E-state index in [0.717, 1.165) is 54.1 Å². The third-order valence-electron chi connectivity index (χ3n) is 5.82. The maximum Gasteiger partial charge on any atom is 0.160 e. The molecule has 1 aliphatic rings. The quantitative estimate of drug-likeness (QED) is 0.561. The first-order valence-corrected chi connectivity index (χ1v) is 10.2. The molecule has 4 rings (SSSR count). The van der Waals surface area contributed by atoms with Gasteiger partial charge in [0.05, 0.1) is 30.5 Å². The molecule has 0 bridgehead atoms. The van der Waals surface area contributed by atoms with E-state index in [9.17, 15) is 5.26 Å². The number of hydrazine groups is 1. The van der Waals surface area contributed by atoms with Gasteiger partial charge in [0.15, 0.2) is 5.82 Å². The smallest absolute Gasteiger partial charge is 0.160 e. The lowest BCUT2D eigenvalue weighted by Crippen LogP contribution is -2.49. The second-order valence-corrected chi connectivity index (χ2v) is 7.70. The summed E-state index contributed by atoms with van der Waals surface area (Å²) in [6, 6.07) is 11.9. The molecule has 168 valence electrons. The Morgan fingerprint density at radius 3 is 2.62 bits per heavy atom. The molecule has 1 fully saturated rings. The van der Waals surface area contributed by atoms with Gasteiger partial charge in [-0.2, -0.15) is 5.26 Å². The molecule has 1 saturated heterocycles. The molecule has 3 aromatic rings. The van der Waals surface area contributed by atoms with Gasteiger partial charge in [-0.1, -0.05) is 12.1 Å². The number of nitrogens with two attached hydrogens (primary N) is 1. The van der Waals surface area contributed by atoms with Gasteiger partial charge in [0, 0.05) is 37.6 Å². The fourth-order valence-electron chi connectivity index (χ4n) is 4.01. The molecule has 1 atom stereocenters. The Morgan fingerprint density at radius 1 is 1.19 bits per heavy atom. The summed E-state index contributed by atoms with van der Waals surface area (Å²) >= 11 is 0. The zero-order valence-corrected chi connectivity index (χ0v) is 19.2. The van der Waals surface area contributed by atoms with E-state index < -0.39 is 0 Å². The van der Waals surface area contributed by atoms with Crippen molar-refractivity contribution in [3.63, 3.8) is 0 Å². The number of nitriles is 1. The Morgan fingerprint density at radius 2 is 1.94 bits per heavy atom. The van der Waals surface area contributed by atoms with Crippen molar-refractivity contribution >= 4 is 34.8 Å². The van der Waals surface area contributed by atoms with Crippen molar-refractivity contribution < 1.29 is 4.74 Å². The number of piperazine rings is 1. The zero-order chi connectivity index (χ0) is 22.0. The van der Waals surface area contributed by atoms with E-state index in [0.29, 0.717) is 16.9 Å². The van der Waals surface area contributed by atoms with Crippen molar-refractivity contribution in [2.75, 3.05) is 43.5 Å². The van der Waals surface area contributed by atoms with Gasteiger partial charge < -0.3 is 15.0 Å². The van der Waals surface area contributed by atoms with Gasteiger partial charge >= 0.3 is 0 Å². The minimum atomic E-state index is -0.0699. The van der Waals surface area contributed by atoms with Gasteiger partial charge in [-0.3, -0.25) is 5.84 Å². The highest BCUT2D eigenvalue weighted by atomic mass is 35.5. The Kier molecular flexibility index (Phi) is 7.30. The Bertz CT molecular complexity index is 1140. The number of hydrogen-bond acceptors (Lipinski definition) is 9. The summed E-state index contributed by atoms with van der Waals surface area (Å²) in [6.45, 7) is 7.19. The highest BCUT2D eigenvalue weighted by molar-refractivity contribution is 5.93. The first-order valence-electron chi connectivity index (χ1n) is 10.2. The van der Waals surface area contributed by atoms with Crippen LogP contribution in [0.15, 0.2) is 30.3 Å². The Hall–Kier alpha value is -3.19. The van der Waals surface area contributed by atoms with Gasteiger partial charge in [-0.25, -0.2) is 5.01 Å². The average Bonchev–Trinajstić information content (AvgIpc) is 2.79. The minimum Gasteiger partial charge on any atom is -0.495 e. The van der Waals surface area contributed by atoms with Gasteiger partial charge in [0.2, 0.25) is 0 Å². The van der Waals surface area contributed by atoms with Crippen molar-refractivity contribution in [2.45, 2.75) is 19.9 Å². The molecule has 0 amide bonds. The molecule has 0 saturated carbocycles. The molecular formula is C22H27ClN8O. The molecule has 0 unspecified atom stereocenters. The zero-order valence-electron chi connectivity index (χ0n) is 18.4. The molecule has 32 heavy (non-hydrogen) atoms. The number of methoxy groups -OCH3 is 1. The highest BCUT2D eigenvalue weighted by Gasteiger charge is 2.21. The van der Waals surface area contributed by atoms with Gasteiger partial charge in [0.1, 0.15) is 11.3 Å². The summed E-state index contributed by atoms with van der Waals surface area (Å²) < 4.78 is 5.64. The number of fused-ring (bicyclic) bond motifs is 1. The van der Waals surface area contributed by atoms with Crippen molar-refractivity contribution in [1.29, 1.82) is 5.26 Å². The second-order valence-electron chi connectivity index (χ2n) is 7.70. The largest absolute Gasteiger partial charge is 0.495 e. The maximum atomic E-state index is 9.35. The van der Waals surface area contributed by atoms with Crippen LogP contribution in [0, 0.1) is 18.3 Å². The van der Waals surface area contributed by atoms with Crippen LogP contribution >= 0.6 is 12.4 Å². The van der Waals surface area contributed by atoms with Gasteiger partial charge in [-0.05, 0) is 42.3 Å². The summed E-state index contributed by atoms with van der Waals surface area (Å²) in [5.41, 5.74) is 4.35. The molecule has 3 N–H and O–H groups in total. The second kappa shape index (κ2) is 9.96. The van der Waals surface area contributed by atoms with Crippen LogP contribution < -0.4 is 20.8 Å². The Labute approximate surface area is 193 Å². The first-order chi connectivity index (χ1) is 15.0. The number of ether oxygens (including phenoxy) is 1. The topological polar surface area (TPSA) is 116 Å². The van der Waals surface area contributed by atoms with Gasteiger partial charge in [-0.15, -0.1) is 22.6 Å². The third-order valence-corrected chi connectivity index (χ3v) is 5.82. The van der Waals surface area contributed by atoms with Crippen LogP contribution in [0.2, 0.25) is 0 Å². The number of anilines is 2. The van der Waals surface area contributed by atoms with Crippen LogP contribution in [0.5, 0.6) is 5.75 Å². The van der Waals surface area contributed by atoms with E-state index in [1.807, 2.05) is 43.1 Å². The highest BCUT2D eigenvalue weighted by Crippen LogP contribution is 2.36. The maximum absolute atomic E-state index is 9.35. The SMILES string of the molecule is COc1cc2nnnc(N[C@H](C)c3cccc(C#N)c3C)c2cc1N1CCN(N)CC1.Cl. The average molecular weight is 455 g/mol. The summed E-state index contributed by atoms with van der Waals surface area (Å²) in [5.74, 6) is 7.31. The molecule has 0 spiro atoms. The first kappa shape index (κ1) is 23.5. The molecular weight excluding hydrogens is 428 g/mol. The van der Waals surface area contributed by atoms with Crippen molar-refractivity contribution in [3.8, 4) is 11.8 Å². The third kappa shape index (κ3) is 4.53. The van der Waals surface area contributed by atoms with Crippen LogP contribution in [-0.2, 0) is 0 Å². The van der Waals surface area contributed by atoms with Crippen LogP contribution in [0.4, 0.5) is 11.5 Å². The molecule has 1 aliphatic heterocycles. The normalized spacial score (nSPS) is 15.0. The lowest BCUT2D eigenvalue weighted by Gasteiger charge is -2.34. The number of nitrogens with zero attached hydrogens (tertiary/aromatic N) is 6. The van der Waals surface area contributed by atoms with Crippen molar-refractivity contribution in [1.82, 2.24) is 20.4 Å². The number of halogens is 1. The number of benzene rings is 2. The van der Waals surface area contributed by atoms with E-state index in [2.05, 4.69) is 37.8 Å². The van der Waals surface area contributed by atoms with Crippen molar-refractivity contribution in [2.24, 2.45) is 5.84 Å². The molecule has 9 nitrogen and oxygen atoms in total. The number of aromatic nitrogens is 3. The van der Waals surface area contributed by atoms with E-state index in [1.165, 1.54) is 0 Å². The minimum absolute atomic E-state index is 0. The van der Waals surface area contributed by atoms with Crippen LogP contribution in [0.1, 0.15) is 29.7 Å². The standard InChI is InChI=1S/C22H26N8O.ClH/c1-14-16(13-23)5-4-6-17(14)15(2)25-22-18-11-20(29-7-9-30(24)10-8-29)21(31-3)12-19(18)26-28-27-22;/h4-6,11-12,15H,7-10,24H2,1-3H3,(H,25,26,27);1H/t15-;/m1./s1. The predicted octanol–water partition coefficient (Wildman–Crippen LogP) is 2.80. The van der Waals surface area contributed by atoms with E-state index >= 15 is 0 Å². The summed E-state index contributed by atoms with van der Waals surface area (Å²) in [6.07, 6.45) is 0. The molecule has 10 heteroatoms. The van der Waals surface area contributed by atoms with Gasteiger partial charge in [0.25, 0.3) is 0 Å². The van der Waals surface area contributed by atoms with Crippen LogP contribution in [0.3, 0.4) is 0 Å². The summed E-state index contributed by atoms with van der Waals surface area (Å²) in [5, 5.41) is 27.9. The molecule has 2 aromatic carbocycles. The molecule has 0 aliphatic carbocycles. The van der Waals surface area contributed by atoms with E-state index in [-0.39, 0.29) is 18.4 Å². The van der Waals surface area contributed by atoms with Crippen LogP contribution in [0.25, 0.3) is 10.9 Å². The Balaban J connectivity index is 0.00000289. The fourth-order valence-corrected chi connectivity index (χ4v) is 4.01. The summed E-state index contributed by atoms with van der Waals surface area (Å²) in [7, 11) is 1.66. The number of hydrogen-bond donors (Lipinski definition) is 2. The summed E-state index contributed by atoms with van der Waals surface area (Å²) in [4.78, 5) is 2.26. The molecule has 2 heterocycles. The fraction of sp³-hybridized carbons (Fsp3) is 0.364. The predicted molar refractivity (Wildman–Crippen MR) is 127 cm³/mol. The number of rotatable bonds is 5. The monoisotopic (exact) mass is 454 g/mol. The van der Waals surface area contributed by atoms with Crippen molar-refractivity contribution in [3.05, 3.63) is 47.0 Å². The molecule has 0 radical (unpaired) electrons.